The van der Waals surface area contributed by atoms with Gasteiger partial charge in [0.15, 0.2) is 10.8 Å². The molecule has 0 aliphatic carbocycles. The van der Waals surface area contributed by atoms with E-state index in [0.717, 1.165) is 35.1 Å². The van der Waals surface area contributed by atoms with Crippen LogP contribution < -0.4 is 4.74 Å². The van der Waals surface area contributed by atoms with Crippen LogP contribution in [-0.2, 0) is 6.42 Å². The van der Waals surface area contributed by atoms with Crippen molar-refractivity contribution in [3.63, 3.8) is 0 Å². The predicted octanol–water partition coefficient (Wildman–Crippen LogP) is 2.72. The number of imidazole rings is 1. The number of likely N-dealkylation sites (N-methyl/N-ethyl adjacent to an activating group) is 1. The number of hydrogen-bond acceptors (Lipinski definition) is 6. The van der Waals surface area contributed by atoms with Crippen LogP contribution in [0.5, 0.6) is 6.01 Å². The summed E-state index contributed by atoms with van der Waals surface area (Å²) < 4.78 is 7.59. The third-order valence-electron chi connectivity index (χ3n) is 5.40. The number of nitrogens with one attached hydrogen (secondary N) is 1. The molecule has 144 valence electrons. The molecule has 5 rings (SSSR count). The van der Waals surface area contributed by atoms with Crippen LogP contribution in [0, 0.1) is 0 Å². The number of rotatable bonds is 5. The first-order chi connectivity index (χ1) is 13.7. The quantitative estimate of drug-likeness (QED) is 0.557. The van der Waals surface area contributed by atoms with Gasteiger partial charge in [-0.25, -0.2) is 9.50 Å². The molecule has 0 amide bonds. The van der Waals surface area contributed by atoms with Gasteiger partial charge in [-0.05, 0) is 38.1 Å². The molecule has 1 saturated heterocycles. The molecule has 1 aromatic carbocycles. The summed E-state index contributed by atoms with van der Waals surface area (Å²) in [7, 11) is 2.11. The van der Waals surface area contributed by atoms with Gasteiger partial charge in [0.05, 0.1) is 23.6 Å². The Labute approximate surface area is 166 Å². The molecule has 1 fully saturated rings. The number of nitrogens with zero attached hydrogens (tertiary/aromatic N) is 6. The van der Waals surface area contributed by atoms with Gasteiger partial charge >= 0.3 is 6.01 Å². The average molecular weight is 398 g/mol. The molecule has 0 spiro atoms. The average Bonchev–Trinajstić information content (AvgIpc) is 3.41. The number of H-pyrrole nitrogens is 1. The molecule has 4 aromatic rings. The maximum absolute atomic E-state index is 6.34. The van der Waals surface area contributed by atoms with Gasteiger partial charge in [-0.1, -0.05) is 23.7 Å². The van der Waals surface area contributed by atoms with Crippen molar-refractivity contribution in [2.75, 3.05) is 20.2 Å². The zero-order valence-corrected chi connectivity index (χ0v) is 16.2. The Hall–Kier alpha value is -2.71. The Morgan fingerprint density at radius 3 is 3.11 bits per heavy atom. The largest absolute Gasteiger partial charge is 0.461 e. The number of aromatic amines is 1. The van der Waals surface area contributed by atoms with Crippen molar-refractivity contribution in [2.24, 2.45) is 0 Å². The van der Waals surface area contributed by atoms with Gasteiger partial charge in [-0.15, -0.1) is 5.10 Å². The predicted molar refractivity (Wildman–Crippen MR) is 106 cm³/mol. The van der Waals surface area contributed by atoms with Crippen LogP contribution in [0.3, 0.4) is 0 Å². The second kappa shape index (κ2) is 7.03. The van der Waals surface area contributed by atoms with Crippen molar-refractivity contribution in [1.29, 1.82) is 0 Å². The summed E-state index contributed by atoms with van der Waals surface area (Å²) in [5.41, 5.74) is 3.58. The molecule has 0 bridgehead atoms. The highest BCUT2D eigenvalue weighted by atomic mass is 35.5. The molecule has 1 aliphatic rings. The highest BCUT2D eigenvalue weighted by Gasteiger charge is 2.22. The van der Waals surface area contributed by atoms with Crippen molar-refractivity contribution in [3.8, 4) is 6.01 Å². The topological polar surface area (TPSA) is 84.2 Å². The van der Waals surface area contributed by atoms with E-state index in [9.17, 15) is 0 Å². The monoisotopic (exact) mass is 397 g/mol. The summed E-state index contributed by atoms with van der Waals surface area (Å²) in [5, 5.41) is 13.0. The summed E-state index contributed by atoms with van der Waals surface area (Å²) >= 11 is 6.34. The summed E-state index contributed by atoms with van der Waals surface area (Å²) in [5.74, 6) is 0. The second-order valence-electron chi connectivity index (χ2n) is 7.18. The van der Waals surface area contributed by atoms with E-state index in [0.29, 0.717) is 24.7 Å². The lowest BCUT2D eigenvalue weighted by molar-refractivity contribution is 0.185. The summed E-state index contributed by atoms with van der Waals surface area (Å²) in [6.45, 7) is 1.65. The van der Waals surface area contributed by atoms with Gasteiger partial charge in [-0.2, -0.15) is 10.1 Å². The van der Waals surface area contributed by atoms with E-state index in [1.54, 1.807) is 10.7 Å². The Balaban J connectivity index is 1.45. The van der Waals surface area contributed by atoms with Gasteiger partial charge in [0.2, 0.25) is 0 Å². The standard InChI is InChI=1S/C19H20ClN7O/c1-26-7-3-5-13(26)11-28-19-23-17(20)18-21-9-14(27(18)25-19)8-12-4-2-6-16-15(12)10-22-24-16/h2,4,6,9-10,13H,3,5,7-8,11H2,1H3,(H,22,24). The smallest absolute Gasteiger partial charge is 0.335 e. The second-order valence-corrected chi connectivity index (χ2v) is 7.54. The van der Waals surface area contributed by atoms with E-state index in [-0.39, 0.29) is 11.2 Å². The molecular weight excluding hydrogens is 378 g/mol. The minimum atomic E-state index is 0.276. The molecule has 4 heterocycles. The molecule has 9 heteroatoms. The SMILES string of the molecule is CN1CCCC1COc1nc(Cl)c2ncc(Cc3cccc4[nH]ncc34)n2n1. The molecule has 8 nitrogen and oxygen atoms in total. The number of hydrogen-bond donors (Lipinski definition) is 1. The molecule has 28 heavy (non-hydrogen) atoms. The Bertz CT molecular complexity index is 1140. The lowest BCUT2D eigenvalue weighted by Gasteiger charge is -2.18. The highest BCUT2D eigenvalue weighted by Crippen LogP contribution is 2.23. The van der Waals surface area contributed by atoms with E-state index in [4.69, 9.17) is 16.3 Å². The number of fused-ring (bicyclic) bond motifs is 2. The van der Waals surface area contributed by atoms with Crippen LogP contribution in [0.25, 0.3) is 16.6 Å². The van der Waals surface area contributed by atoms with Crippen LogP contribution in [0.1, 0.15) is 24.1 Å². The van der Waals surface area contributed by atoms with E-state index >= 15 is 0 Å². The summed E-state index contributed by atoms with van der Waals surface area (Å²) in [6, 6.07) is 6.75. The van der Waals surface area contributed by atoms with Gasteiger partial charge in [0, 0.05) is 17.8 Å². The van der Waals surface area contributed by atoms with Gasteiger partial charge < -0.3 is 9.64 Å². The molecular formula is C19H20ClN7O. The minimum Gasteiger partial charge on any atom is -0.461 e. The molecule has 1 atom stereocenters. The van der Waals surface area contributed by atoms with E-state index in [1.165, 1.54) is 6.42 Å². The number of benzene rings is 1. The zero-order valence-electron chi connectivity index (χ0n) is 15.5. The van der Waals surface area contributed by atoms with Gasteiger partial charge in [0.1, 0.15) is 6.61 Å². The lowest BCUT2D eigenvalue weighted by Crippen LogP contribution is -2.31. The Morgan fingerprint density at radius 1 is 1.32 bits per heavy atom. The molecule has 3 aromatic heterocycles. The van der Waals surface area contributed by atoms with Crippen LogP contribution in [0.2, 0.25) is 5.15 Å². The van der Waals surface area contributed by atoms with Crippen LogP contribution in [0.4, 0.5) is 0 Å². The fourth-order valence-corrected chi connectivity index (χ4v) is 4.00. The van der Waals surface area contributed by atoms with E-state index in [2.05, 4.69) is 43.3 Å². The molecule has 1 aliphatic heterocycles. The van der Waals surface area contributed by atoms with Crippen molar-refractivity contribution in [2.45, 2.75) is 25.3 Å². The van der Waals surface area contributed by atoms with Gasteiger partial charge in [0.25, 0.3) is 0 Å². The third kappa shape index (κ3) is 3.08. The molecule has 0 saturated carbocycles. The molecule has 0 radical (unpaired) electrons. The van der Waals surface area contributed by atoms with Crippen LogP contribution >= 0.6 is 11.6 Å². The maximum Gasteiger partial charge on any atom is 0.335 e. The molecule has 1 unspecified atom stereocenters. The minimum absolute atomic E-state index is 0.276. The first-order valence-corrected chi connectivity index (χ1v) is 9.71. The first kappa shape index (κ1) is 17.4. The van der Waals surface area contributed by atoms with Crippen LogP contribution in [-0.4, -0.2) is 60.9 Å². The Kier molecular flexibility index (Phi) is 4.37. The highest BCUT2D eigenvalue weighted by molar-refractivity contribution is 6.32. The lowest BCUT2D eigenvalue weighted by atomic mass is 10.1. The number of likely N-dealkylation sites (tertiary alicyclic amines) is 1. The maximum atomic E-state index is 6.34. The summed E-state index contributed by atoms with van der Waals surface area (Å²) in [4.78, 5) is 11.0. The van der Waals surface area contributed by atoms with Crippen molar-refractivity contribution in [3.05, 3.63) is 47.0 Å². The van der Waals surface area contributed by atoms with Crippen molar-refractivity contribution in [1.82, 2.24) is 34.7 Å². The fourth-order valence-electron chi connectivity index (χ4n) is 3.80. The van der Waals surface area contributed by atoms with Crippen molar-refractivity contribution < 1.29 is 4.74 Å². The van der Waals surface area contributed by atoms with E-state index < -0.39 is 0 Å². The fraction of sp³-hybridized carbons (Fsp3) is 0.368. The Morgan fingerprint density at radius 2 is 2.25 bits per heavy atom. The van der Waals surface area contributed by atoms with Gasteiger partial charge in [-0.3, -0.25) is 5.10 Å². The number of halogens is 1. The molecule has 1 N–H and O–H groups in total. The summed E-state index contributed by atoms with van der Waals surface area (Å²) in [6.07, 6.45) is 6.58. The number of aromatic nitrogens is 6. The van der Waals surface area contributed by atoms with Crippen molar-refractivity contribution >= 4 is 28.2 Å². The normalized spacial score (nSPS) is 17.7. The number of ether oxygens (including phenoxy) is 1. The first-order valence-electron chi connectivity index (χ1n) is 9.33. The van der Waals surface area contributed by atoms with E-state index in [1.807, 2.05) is 18.3 Å². The van der Waals surface area contributed by atoms with Crippen LogP contribution in [0.15, 0.2) is 30.6 Å². The third-order valence-corrected chi connectivity index (χ3v) is 5.65. The zero-order chi connectivity index (χ0) is 19.1.